The zero-order valence-corrected chi connectivity index (χ0v) is 12.9. The van der Waals surface area contributed by atoms with Gasteiger partial charge in [-0.3, -0.25) is 4.79 Å². The first kappa shape index (κ1) is 14.2. The molecule has 4 rings (SSSR count). The predicted molar refractivity (Wildman–Crippen MR) is 88.7 cm³/mol. The summed E-state index contributed by atoms with van der Waals surface area (Å²) < 4.78 is 1.77. The molecule has 6 nitrogen and oxygen atoms in total. The van der Waals surface area contributed by atoms with Gasteiger partial charge >= 0.3 is 0 Å². The van der Waals surface area contributed by atoms with Crippen LogP contribution in [-0.2, 0) is 0 Å². The molecule has 0 saturated heterocycles. The highest BCUT2D eigenvalue weighted by atomic mass is 16.1. The Morgan fingerprint density at radius 1 is 1.29 bits per heavy atom. The third-order valence-corrected chi connectivity index (χ3v) is 3.94. The molecule has 24 heavy (non-hydrogen) atoms. The number of fused-ring (bicyclic) bond motifs is 2. The van der Waals surface area contributed by atoms with Gasteiger partial charge in [0.2, 0.25) is 5.78 Å². The minimum Gasteiger partial charge on any atom is -0.340 e. The van der Waals surface area contributed by atoms with E-state index in [0.717, 1.165) is 16.6 Å². The van der Waals surface area contributed by atoms with Crippen molar-refractivity contribution in [2.45, 2.75) is 12.8 Å². The van der Waals surface area contributed by atoms with E-state index in [4.69, 9.17) is 0 Å². The molecule has 3 aromatic heterocycles. The van der Waals surface area contributed by atoms with Crippen LogP contribution in [0.4, 0.5) is 0 Å². The summed E-state index contributed by atoms with van der Waals surface area (Å²) in [6, 6.07) is 13.3. The molecule has 0 aliphatic rings. The maximum Gasteiger partial charge on any atom is 0.207 e. The second kappa shape index (κ2) is 5.32. The van der Waals surface area contributed by atoms with Crippen molar-refractivity contribution in [3.8, 4) is 6.07 Å². The van der Waals surface area contributed by atoms with Crippen molar-refractivity contribution in [2.75, 3.05) is 0 Å². The van der Waals surface area contributed by atoms with Gasteiger partial charge in [0.1, 0.15) is 17.2 Å². The average Bonchev–Trinajstić information content (AvgIpc) is 3.18. The van der Waals surface area contributed by atoms with Gasteiger partial charge in [-0.15, -0.1) is 0 Å². The molecule has 0 radical (unpaired) electrons. The first-order chi connectivity index (χ1) is 11.7. The molecule has 6 heteroatoms. The van der Waals surface area contributed by atoms with Gasteiger partial charge < -0.3 is 9.38 Å². The number of para-hydroxylation sites is 2. The fourth-order valence-corrected chi connectivity index (χ4v) is 2.70. The lowest BCUT2D eigenvalue weighted by Gasteiger charge is -2.01. The van der Waals surface area contributed by atoms with Crippen LogP contribution in [0.5, 0.6) is 0 Å². The number of nitrogens with one attached hydrogen (secondary N) is 1. The third-order valence-electron chi connectivity index (χ3n) is 3.94. The molecular weight excluding hydrogens is 302 g/mol. The number of hydrogen-bond acceptors (Lipinski definition) is 4. The first-order valence-electron chi connectivity index (χ1n) is 7.49. The largest absolute Gasteiger partial charge is 0.340 e. The summed E-state index contributed by atoms with van der Waals surface area (Å²) >= 11 is 0. The van der Waals surface area contributed by atoms with Crippen LogP contribution in [0.15, 0.2) is 48.8 Å². The van der Waals surface area contributed by atoms with Crippen LogP contribution in [-0.4, -0.2) is 25.1 Å². The molecule has 0 fully saturated rings. The van der Waals surface area contributed by atoms with E-state index in [0.29, 0.717) is 11.5 Å². The highest BCUT2D eigenvalue weighted by Crippen LogP contribution is 2.21. The minimum absolute atomic E-state index is 0.257. The molecule has 0 aliphatic heterocycles. The topological polar surface area (TPSA) is 86.8 Å². The van der Waals surface area contributed by atoms with E-state index in [1.54, 1.807) is 10.6 Å². The van der Waals surface area contributed by atoms with Crippen molar-refractivity contribution >= 4 is 22.5 Å². The monoisotopic (exact) mass is 315 g/mol. The smallest absolute Gasteiger partial charge is 0.207 e. The van der Waals surface area contributed by atoms with Crippen LogP contribution in [0.1, 0.15) is 27.8 Å². The van der Waals surface area contributed by atoms with Crippen LogP contribution >= 0.6 is 0 Å². The van der Waals surface area contributed by atoms with Gasteiger partial charge in [0.05, 0.1) is 17.1 Å². The van der Waals surface area contributed by atoms with Gasteiger partial charge in [-0.2, -0.15) is 5.26 Å². The van der Waals surface area contributed by atoms with Crippen LogP contribution < -0.4 is 0 Å². The number of aryl methyl sites for hydroxylation is 1. The Morgan fingerprint density at radius 2 is 2.12 bits per heavy atom. The van der Waals surface area contributed by atoms with Crippen LogP contribution in [0.3, 0.4) is 0 Å². The standard InChI is InChI=1S/C18H13N5O/c1-11-6-7-23-10-15(20-16(23)8-11)17(24)12(9-19)18-21-13-4-2-3-5-14(13)22-18/h2-8,10,12H,1H3,(H,21,22)/t12-/m1/s1. The molecular formula is C18H13N5O. The van der Waals surface area contributed by atoms with Gasteiger partial charge in [-0.05, 0) is 36.8 Å². The number of pyridine rings is 1. The van der Waals surface area contributed by atoms with Crippen molar-refractivity contribution in [3.05, 3.63) is 65.9 Å². The maximum absolute atomic E-state index is 12.7. The van der Waals surface area contributed by atoms with Gasteiger partial charge in [0, 0.05) is 12.4 Å². The molecule has 0 aliphatic carbocycles. The van der Waals surface area contributed by atoms with Crippen LogP contribution in [0.25, 0.3) is 16.7 Å². The summed E-state index contributed by atoms with van der Waals surface area (Å²) in [6.07, 6.45) is 3.49. The highest BCUT2D eigenvalue weighted by Gasteiger charge is 2.27. The SMILES string of the molecule is Cc1ccn2cc(C(=O)[C@@H](C#N)c3nc4ccccc4[nH]3)nc2c1. The average molecular weight is 315 g/mol. The Bertz CT molecular complexity index is 1080. The van der Waals surface area contributed by atoms with E-state index >= 15 is 0 Å². The highest BCUT2D eigenvalue weighted by molar-refractivity contribution is 6.01. The number of nitriles is 1. The molecule has 116 valence electrons. The van der Waals surface area contributed by atoms with Crippen molar-refractivity contribution < 1.29 is 4.79 Å². The molecule has 0 spiro atoms. The number of aromatic amines is 1. The minimum atomic E-state index is -1.01. The quantitative estimate of drug-likeness (QED) is 0.589. The van der Waals surface area contributed by atoms with E-state index in [1.807, 2.05) is 55.6 Å². The number of Topliss-reactive ketones (excluding diaryl/α,β-unsaturated/α-hetero) is 1. The number of H-pyrrole nitrogens is 1. The fourth-order valence-electron chi connectivity index (χ4n) is 2.70. The summed E-state index contributed by atoms with van der Waals surface area (Å²) in [5.74, 6) is -1.03. The van der Waals surface area contributed by atoms with Gasteiger partial charge in [-0.25, -0.2) is 9.97 Å². The van der Waals surface area contributed by atoms with Crippen molar-refractivity contribution in [2.24, 2.45) is 0 Å². The van der Waals surface area contributed by atoms with Crippen LogP contribution in [0.2, 0.25) is 0 Å². The van der Waals surface area contributed by atoms with Crippen molar-refractivity contribution in [1.29, 1.82) is 5.26 Å². The molecule has 0 bridgehead atoms. The maximum atomic E-state index is 12.7. The Kier molecular flexibility index (Phi) is 3.14. The molecule has 1 N–H and O–H groups in total. The molecule has 1 atom stereocenters. The van der Waals surface area contributed by atoms with Gasteiger partial charge in [0.15, 0.2) is 5.92 Å². The number of aromatic nitrogens is 4. The number of carbonyl (C=O) groups is 1. The molecule has 3 heterocycles. The van der Waals surface area contributed by atoms with Gasteiger partial charge in [0.25, 0.3) is 0 Å². The number of hydrogen-bond donors (Lipinski definition) is 1. The first-order valence-corrected chi connectivity index (χ1v) is 7.49. The van der Waals surface area contributed by atoms with E-state index in [2.05, 4.69) is 15.0 Å². The summed E-state index contributed by atoms with van der Waals surface area (Å²) in [5.41, 5.74) is 3.52. The number of rotatable bonds is 3. The Labute approximate surface area is 137 Å². The lowest BCUT2D eigenvalue weighted by molar-refractivity contribution is 0.0972. The number of nitrogens with zero attached hydrogens (tertiary/aromatic N) is 4. The second-order valence-corrected chi connectivity index (χ2v) is 5.66. The normalized spacial score (nSPS) is 12.3. The summed E-state index contributed by atoms with van der Waals surface area (Å²) in [4.78, 5) is 24.5. The predicted octanol–water partition coefficient (Wildman–Crippen LogP) is 3.01. The van der Waals surface area contributed by atoms with Crippen molar-refractivity contribution in [1.82, 2.24) is 19.4 Å². The summed E-state index contributed by atoms with van der Waals surface area (Å²) in [7, 11) is 0. The van der Waals surface area contributed by atoms with E-state index in [1.165, 1.54) is 0 Å². The fraction of sp³-hybridized carbons (Fsp3) is 0.111. The zero-order chi connectivity index (χ0) is 16.7. The van der Waals surface area contributed by atoms with E-state index in [-0.39, 0.29) is 11.5 Å². The number of benzene rings is 1. The summed E-state index contributed by atoms with van der Waals surface area (Å²) in [5, 5.41) is 9.49. The number of carbonyl (C=O) groups excluding carboxylic acids is 1. The lowest BCUT2D eigenvalue weighted by Crippen LogP contribution is -2.13. The molecule has 4 aromatic rings. The lowest BCUT2D eigenvalue weighted by atomic mass is 10.0. The van der Waals surface area contributed by atoms with Gasteiger partial charge in [-0.1, -0.05) is 12.1 Å². The van der Waals surface area contributed by atoms with E-state index in [9.17, 15) is 10.1 Å². The Hall–Kier alpha value is -3.46. The molecule has 0 unspecified atom stereocenters. The van der Waals surface area contributed by atoms with Crippen molar-refractivity contribution in [3.63, 3.8) is 0 Å². The Morgan fingerprint density at radius 3 is 2.92 bits per heavy atom. The molecule has 1 aromatic carbocycles. The third kappa shape index (κ3) is 2.23. The zero-order valence-electron chi connectivity index (χ0n) is 12.9. The summed E-state index contributed by atoms with van der Waals surface area (Å²) in [6.45, 7) is 1.96. The second-order valence-electron chi connectivity index (χ2n) is 5.66. The molecule has 0 amide bonds. The number of imidazole rings is 2. The van der Waals surface area contributed by atoms with Crippen LogP contribution in [0, 0.1) is 18.3 Å². The Balaban J connectivity index is 1.76. The number of ketones is 1. The molecule has 0 saturated carbocycles. The van der Waals surface area contributed by atoms with E-state index < -0.39 is 5.92 Å².